The SMILES string of the molecule is CC(C)(C)OC(=O)[C@H](Cc1ccccc1)NC(=O)c1ncn2c1c(=O)[nH]c1ccc(Br)cc12. The number of carbonyl (C=O) groups excluding carboxylic acids is 2. The van der Waals surface area contributed by atoms with Gasteiger partial charge in [-0.2, -0.15) is 0 Å². The molecule has 2 heterocycles. The van der Waals surface area contributed by atoms with E-state index in [2.05, 4.69) is 31.2 Å². The molecule has 0 aliphatic rings. The Balaban J connectivity index is 1.70. The van der Waals surface area contributed by atoms with Crippen LogP contribution in [-0.4, -0.2) is 37.9 Å². The molecule has 0 radical (unpaired) electrons. The summed E-state index contributed by atoms with van der Waals surface area (Å²) in [5, 5.41) is 2.72. The molecule has 170 valence electrons. The minimum absolute atomic E-state index is 0.0697. The summed E-state index contributed by atoms with van der Waals surface area (Å²) in [5.41, 5.74) is 0.998. The Kier molecular flexibility index (Phi) is 6.07. The van der Waals surface area contributed by atoms with Gasteiger partial charge in [-0.15, -0.1) is 0 Å². The van der Waals surface area contributed by atoms with Crippen molar-refractivity contribution in [2.75, 3.05) is 0 Å². The van der Waals surface area contributed by atoms with E-state index in [4.69, 9.17) is 4.74 Å². The van der Waals surface area contributed by atoms with E-state index in [0.717, 1.165) is 10.0 Å². The van der Waals surface area contributed by atoms with Gasteiger partial charge in [0.25, 0.3) is 11.5 Å². The average Bonchev–Trinajstić information content (AvgIpc) is 3.20. The van der Waals surface area contributed by atoms with Crippen LogP contribution in [0.2, 0.25) is 0 Å². The lowest BCUT2D eigenvalue weighted by molar-refractivity contribution is -0.157. The summed E-state index contributed by atoms with van der Waals surface area (Å²) in [4.78, 5) is 45.8. The highest BCUT2D eigenvalue weighted by Crippen LogP contribution is 2.20. The second kappa shape index (κ2) is 8.82. The van der Waals surface area contributed by atoms with Crippen molar-refractivity contribution in [1.29, 1.82) is 0 Å². The largest absolute Gasteiger partial charge is 0.458 e. The van der Waals surface area contributed by atoms with Crippen molar-refractivity contribution >= 4 is 44.4 Å². The number of nitrogens with zero attached hydrogens (tertiary/aromatic N) is 2. The zero-order valence-corrected chi connectivity index (χ0v) is 20.0. The van der Waals surface area contributed by atoms with Crippen LogP contribution >= 0.6 is 15.9 Å². The number of halogens is 1. The topological polar surface area (TPSA) is 106 Å². The van der Waals surface area contributed by atoms with Gasteiger partial charge in [-0.3, -0.25) is 14.0 Å². The molecule has 8 nitrogen and oxygen atoms in total. The van der Waals surface area contributed by atoms with Crippen molar-refractivity contribution in [3.05, 3.63) is 80.9 Å². The normalized spacial score (nSPS) is 12.6. The number of aromatic amines is 1. The van der Waals surface area contributed by atoms with E-state index in [1.807, 2.05) is 42.5 Å². The Morgan fingerprint density at radius 3 is 2.61 bits per heavy atom. The van der Waals surface area contributed by atoms with Crippen LogP contribution in [0.5, 0.6) is 0 Å². The van der Waals surface area contributed by atoms with Crippen molar-refractivity contribution in [1.82, 2.24) is 19.7 Å². The lowest BCUT2D eigenvalue weighted by Crippen LogP contribution is -2.45. The molecule has 2 N–H and O–H groups in total. The first-order valence-corrected chi connectivity index (χ1v) is 11.2. The van der Waals surface area contributed by atoms with E-state index in [-0.39, 0.29) is 17.6 Å². The van der Waals surface area contributed by atoms with Gasteiger partial charge in [0, 0.05) is 10.9 Å². The maximum Gasteiger partial charge on any atom is 0.329 e. The number of hydrogen-bond acceptors (Lipinski definition) is 5. The van der Waals surface area contributed by atoms with E-state index >= 15 is 0 Å². The first-order valence-electron chi connectivity index (χ1n) is 10.4. The van der Waals surface area contributed by atoms with Crippen molar-refractivity contribution in [3.63, 3.8) is 0 Å². The second-order valence-corrected chi connectivity index (χ2v) is 9.59. The van der Waals surface area contributed by atoms with Crippen LogP contribution in [0.4, 0.5) is 0 Å². The van der Waals surface area contributed by atoms with E-state index < -0.39 is 29.1 Å². The lowest BCUT2D eigenvalue weighted by atomic mass is 10.1. The van der Waals surface area contributed by atoms with E-state index in [0.29, 0.717) is 11.0 Å². The molecule has 0 aliphatic carbocycles. The Labute approximate surface area is 198 Å². The van der Waals surface area contributed by atoms with Crippen molar-refractivity contribution < 1.29 is 14.3 Å². The van der Waals surface area contributed by atoms with Gasteiger partial charge < -0.3 is 15.0 Å². The van der Waals surface area contributed by atoms with Crippen LogP contribution in [0, 0.1) is 0 Å². The molecule has 0 saturated heterocycles. The minimum Gasteiger partial charge on any atom is -0.458 e. The van der Waals surface area contributed by atoms with Crippen molar-refractivity contribution in [2.24, 2.45) is 0 Å². The summed E-state index contributed by atoms with van der Waals surface area (Å²) in [6.45, 7) is 5.29. The number of carbonyl (C=O) groups is 2. The van der Waals surface area contributed by atoms with Gasteiger partial charge >= 0.3 is 5.97 Å². The zero-order valence-electron chi connectivity index (χ0n) is 18.4. The molecule has 2 aromatic carbocycles. The summed E-state index contributed by atoms with van der Waals surface area (Å²) < 4.78 is 7.90. The van der Waals surface area contributed by atoms with Crippen LogP contribution in [0.1, 0.15) is 36.8 Å². The predicted molar refractivity (Wildman–Crippen MR) is 128 cm³/mol. The predicted octanol–water partition coefficient (Wildman–Crippen LogP) is 3.62. The molecule has 0 unspecified atom stereocenters. The van der Waals surface area contributed by atoms with Gasteiger partial charge in [0.15, 0.2) is 5.69 Å². The number of aromatic nitrogens is 3. The summed E-state index contributed by atoms with van der Waals surface area (Å²) in [5.74, 6) is -1.20. The minimum atomic E-state index is -0.954. The maximum absolute atomic E-state index is 13.2. The lowest BCUT2D eigenvalue weighted by Gasteiger charge is -2.24. The summed E-state index contributed by atoms with van der Waals surface area (Å²) >= 11 is 3.42. The molecule has 9 heteroatoms. The number of ether oxygens (including phenoxy) is 1. The van der Waals surface area contributed by atoms with Gasteiger partial charge in [0.2, 0.25) is 0 Å². The summed E-state index contributed by atoms with van der Waals surface area (Å²) in [6.07, 6.45) is 1.66. The molecule has 0 bridgehead atoms. The first-order chi connectivity index (χ1) is 15.6. The molecule has 0 saturated carbocycles. The zero-order chi connectivity index (χ0) is 23.8. The molecule has 4 rings (SSSR count). The average molecular weight is 511 g/mol. The highest BCUT2D eigenvalue weighted by Gasteiger charge is 2.29. The van der Waals surface area contributed by atoms with Crippen LogP contribution < -0.4 is 10.9 Å². The molecular formula is C24H23BrN4O4. The molecule has 0 aliphatic heterocycles. The van der Waals surface area contributed by atoms with E-state index in [1.165, 1.54) is 6.33 Å². The monoisotopic (exact) mass is 510 g/mol. The Bertz CT molecular complexity index is 1400. The fraction of sp³-hybridized carbons (Fsp3) is 0.250. The van der Waals surface area contributed by atoms with Crippen molar-refractivity contribution in [2.45, 2.75) is 38.8 Å². The number of H-pyrrole nitrogens is 1. The smallest absolute Gasteiger partial charge is 0.329 e. The van der Waals surface area contributed by atoms with Crippen LogP contribution in [0.25, 0.3) is 16.6 Å². The number of amides is 1. The Hall–Kier alpha value is -3.46. The number of benzene rings is 2. The maximum atomic E-state index is 13.2. The third-order valence-corrected chi connectivity index (χ3v) is 5.44. The highest BCUT2D eigenvalue weighted by atomic mass is 79.9. The fourth-order valence-electron chi connectivity index (χ4n) is 3.55. The first kappa shape index (κ1) is 22.7. The van der Waals surface area contributed by atoms with Gasteiger partial charge in [-0.1, -0.05) is 46.3 Å². The van der Waals surface area contributed by atoms with Crippen LogP contribution in [-0.2, 0) is 16.0 Å². The van der Waals surface area contributed by atoms with Crippen molar-refractivity contribution in [3.8, 4) is 0 Å². The molecule has 1 atom stereocenters. The van der Waals surface area contributed by atoms with Crippen LogP contribution in [0.15, 0.2) is 64.1 Å². The molecule has 33 heavy (non-hydrogen) atoms. The third kappa shape index (κ3) is 4.98. The summed E-state index contributed by atoms with van der Waals surface area (Å²) in [7, 11) is 0. The van der Waals surface area contributed by atoms with Crippen LogP contribution in [0.3, 0.4) is 0 Å². The number of nitrogens with one attached hydrogen (secondary N) is 2. The second-order valence-electron chi connectivity index (χ2n) is 8.68. The molecule has 4 aromatic rings. The van der Waals surface area contributed by atoms with Gasteiger partial charge in [0.1, 0.15) is 23.5 Å². The van der Waals surface area contributed by atoms with Gasteiger partial charge in [-0.05, 0) is 44.5 Å². The molecule has 0 fully saturated rings. The number of fused-ring (bicyclic) bond motifs is 3. The standard InChI is InChI=1S/C24H23BrN4O4/c1-24(2,3)33-23(32)17(11-14-7-5-4-6-8-14)28-21(30)19-20-22(31)27-16-10-9-15(25)12-18(16)29(20)13-26-19/h4-10,12-13,17H,11H2,1-3H3,(H,27,31)(H,28,30)/t17-/m0/s1. The number of imidazole rings is 1. The highest BCUT2D eigenvalue weighted by molar-refractivity contribution is 9.10. The molecule has 2 aromatic heterocycles. The number of hydrogen-bond donors (Lipinski definition) is 2. The third-order valence-electron chi connectivity index (χ3n) is 4.94. The molecule has 1 amide bonds. The van der Waals surface area contributed by atoms with E-state index in [1.54, 1.807) is 31.2 Å². The Morgan fingerprint density at radius 1 is 1.18 bits per heavy atom. The van der Waals surface area contributed by atoms with E-state index in [9.17, 15) is 14.4 Å². The number of esters is 1. The fourth-order valence-corrected chi connectivity index (χ4v) is 3.90. The van der Waals surface area contributed by atoms with Gasteiger partial charge in [0.05, 0.1) is 11.0 Å². The quantitative estimate of drug-likeness (QED) is 0.399. The molecule has 0 spiro atoms. The van der Waals surface area contributed by atoms with Gasteiger partial charge in [-0.25, -0.2) is 9.78 Å². The molecular weight excluding hydrogens is 488 g/mol. The summed E-state index contributed by atoms with van der Waals surface area (Å²) in [6, 6.07) is 13.8. The Morgan fingerprint density at radius 2 is 1.91 bits per heavy atom. The number of rotatable bonds is 5.